The first-order chi connectivity index (χ1) is 18.0. The van der Waals surface area contributed by atoms with E-state index in [-0.39, 0.29) is 12.1 Å². The molecule has 0 aliphatic carbocycles. The number of halogens is 3. The number of pyridine rings is 1. The van der Waals surface area contributed by atoms with E-state index in [1.807, 2.05) is 59.5 Å². The van der Waals surface area contributed by atoms with E-state index in [1.54, 1.807) is 25.4 Å². The van der Waals surface area contributed by atoms with Gasteiger partial charge in [0.1, 0.15) is 29.9 Å². The highest BCUT2D eigenvalue weighted by Gasteiger charge is 2.42. The van der Waals surface area contributed by atoms with Crippen LogP contribution in [-0.2, 0) is 4.74 Å². The Morgan fingerprint density at radius 2 is 1.86 bits per heavy atom. The van der Waals surface area contributed by atoms with Crippen LogP contribution in [0.4, 0.5) is 5.69 Å². The zero-order valence-corrected chi connectivity index (χ0v) is 22.7. The number of rotatable bonds is 8. The second-order valence-electron chi connectivity index (χ2n) is 8.28. The van der Waals surface area contributed by atoms with E-state index in [0.717, 1.165) is 16.9 Å². The fourth-order valence-corrected chi connectivity index (χ4v) is 5.34. The lowest BCUT2D eigenvalue weighted by atomic mass is 10.0. The molecule has 10 heteroatoms. The molecule has 0 spiro atoms. The highest BCUT2D eigenvalue weighted by Crippen LogP contribution is 2.44. The van der Waals surface area contributed by atoms with Crippen LogP contribution >= 0.6 is 47.0 Å². The fraction of sp³-hybridized carbons (Fsp3) is 0.185. The highest BCUT2D eigenvalue weighted by atomic mass is 35.5. The van der Waals surface area contributed by atoms with Gasteiger partial charge in [0.2, 0.25) is 0 Å². The second kappa shape index (κ2) is 11.3. The van der Waals surface area contributed by atoms with E-state index in [2.05, 4.69) is 10.3 Å². The summed E-state index contributed by atoms with van der Waals surface area (Å²) in [5, 5.41) is 5.45. The van der Waals surface area contributed by atoms with Crippen LogP contribution in [0.2, 0.25) is 15.1 Å². The van der Waals surface area contributed by atoms with Crippen LogP contribution in [-0.4, -0.2) is 30.4 Å². The predicted molar refractivity (Wildman–Crippen MR) is 151 cm³/mol. The monoisotopic (exact) mass is 573 g/mol. The maximum absolute atomic E-state index is 6.58. The lowest BCUT2D eigenvalue weighted by molar-refractivity contribution is 0.146. The Kier molecular flexibility index (Phi) is 7.88. The molecule has 37 heavy (non-hydrogen) atoms. The van der Waals surface area contributed by atoms with Gasteiger partial charge in [-0.05, 0) is 72.9 Å². The van der Waals surface area contributed by atoms with Gasteiger partial charge in [0.25, 0.3) is 0 Å². The summed E-state index contributed by atoms with van der Waals surface area (Å²) < 4.78 is 17.2. The number of aromatic nitrogens is 1. The number of hydrogen-bond donors (Lipinski definition) is 1. The Morgan fingerprint density at radius 3 is 2.59 bits per heavy atom. The van der Waals surface area contributed by atoms with Gasteiger partial charge in [-0.1, -0.05) is 40.9 Å². The first-order valence-corrected chi connectivity index (χ1v) is 13.0. The molecular formula is C27H22Cl3N3O3S. The lowest BCUT2D eigenvalue weighted by Crippen LogP contribution is -2.29. The Balaban J connectivity index is 1.54. The first kappa shape index (κ1) is 25.8. The van der Waals surface area contributed by atoms with Crippen LogP contribution in [0.15, 0.2) is 77.3 Å². The Morgan fingerprint density at radius 1 is 1.00 bits per heavy atom. The molecule has 0 bridgehead atoms. The summed E-state index contributed by atoms with van der Waals surface area (Å²) in [6.07, 6.45) is 1.75. The van der Waals surface area contributed by atoms with Gasteiger partial charge in [0, 0.05) is 29.6 Å². The summed E-state index contributed by atoms with van der Waals surface area (Å²) in [5.41, 5.74) is 2.35. The smallest absolute Gasteiger partial charge is 0.174 e. The molecule has 2 aromatic carbocycles. The van der Waals surface area contributed by atoms with Crippen molar-refractivity contribution in [1.82, 2.24) is 10.3 Å². The van der Waals surface area contributed by atoms with Gasteiger partial charge in [0.15, 0.2) is 5.11 Å². The SMILES string of the molecule is COCCOc1ccc(N2C(=S)N[C@H](c3ccccn3)[C@H]2c2ccc(-c3ccc(Cl)cc3Cl)o2)cc1Cl. The standard InChI is InChI=1S/C27H22Cl3N3O3S/c1-34-12-13-35-23-8-6-17(15-20(23)30)33-26(25(32-27(33)37)21-4-2-3-11-31-21)24-10-9-22(36-24)18-7-5-16(28)14-19(18)29/h2-11,14-15,25-26H,12-13H2,1H3,(H,32,37)/t25-,26-/m1/s1. The van der Waals surface area contributed by atoms with E-state index in [9.17, 15) is 0 Å². The number of nitrogens with one attached hydrogen (secondary N) is 1. The molecule has 1 aliphatic rings. The Bertz CT molecular complexity index is 1420. The molecule has 1 N–H and O–H groups in total. The molecule has 1 saturated heterocycles. The third-order valence-electron chi connectivity index (χ3n) is 5.95. The van der Waals surface area contributed by atoms with Gasteiger partial charge >= 0.3 is 0 Å². The summed E-state index contributed by atoms with van der Waals surface area (Å²) in [6, 6.07) is 19.8. The van der Waals surface area contributed by atoms with Crippen LogP contribution in [0, 0.1) is 0 Å². The van der Waals surface area contributed by atoms with Crippen molar-refractivity contribution in [3.05, 3.63) is 99.4 Å². The summed E-state index contributed by atoms with van der Waals surface area (Å²) in [7, 11) is 1.62. The summed E-state index contributed by atoms with van der Waals surface area (Å²) in [6.45, 7) is 0.858. The van der Waals surface area contributed by atoms with Crippen molar-refractivity contribution in [2.24, 2.45) is 0 Å². The minimum Gasteiger partial charge on any atom is -0.490 e. The number of nitrogens with zero attached hydrogens (tertiary/aromatic N) is 2. The fourth-order valence-electron chi connectivity index (χ4n) is 4.26. The molecule has 0 unspecified atom stereocenters. The molecule has 2 aromatic heterocycles. The molecule has 3 heterocycles. The van der Waals surface area contributed by atoms with Crippen molar-refractivity contribution in [3.63, 3.8) is 0 Å². The molecule has 0 saturated carbocycles. The molecule has 190 valence electrons. The molecule has 0 amide bonds. The molecule has 4 aromatic rings. The number of thiocarbonyl (C=S) groups is 1. The molecule has 2 atom stereocenters. The van der Waals surface area contributed by atoms with Crippen LogP contribution in [0.3, 0.4) is 0 Å². The van der Waals surface area contributed by atoms with Gasteiger partial charge < -0.3 is 24.1 Å². The zero-order valence-electron chi connectivity index (χ0n) is 19.7. The summed E-state index contributed by atoms with van der Waals surface area (Å²) in [5.74, 6) is 1.87. The van der Waals surface area contributed by atoms with E-state index >= 15 is 0 Å². The van der Waals surface area contributed by atoms with E-state index in [1.165, 1.54) is 0 Å². The molecule has 1 aliphatic heterocycles. The first-order valence-electron chi connectivity index (χ1n) is 11.4. The van der Waals surface area contributed by atoms with E-state index in [0.29, 0.717) is 50.7 Å². The maximum atomic E-state index is 6.58. The van der Waals surface area contributed by atoms with Gasteiger partial charge in [-0.25, -0.2) is 0 Å². The Hall–Kier alpha value is -2.81. The number of ether oxygens (including phenoxy) is 2. The number of benzene rings is 2. The van der Waals surface area contributed by atoms with Crippen molar-refractivity contribution < 1.29 is 13.9 Å². The summed E-state index contributed by atoms with van der Waals surface area (Å²) >= 11 is 24.9. The lowest BCUT2D eigenvalue weighted by Gasteiger charge is -2.26. The number of hydrogen-bond acceptors (Lipinski definition) is 5. The average Bonchev–Trinajstić information content (AvgIpc) is 3.50. The minimum atomic E-state index is -0.349. The number of furan rings is 1. The third kappa shape index (κ3) is 5.42. The van der Waals surface area contributed by atoms with Gasteiger partial charge in [-0.2, -0.15) is 0 Å². The van der Waals surface area contributed by atoms with Gasteiger partial charge in [-0.15, -0.1) is 0 Å². The number of methoxy groups -OCH3 is 1. The van der Waals surface area contributed by atoms with Crippen molar-refractivity contribution in [2.45, 2.75) is 12.1 Å². The van der Waals surface area contributed by atoms with Gasteiger partial charge in [0.05, 0.1) is 28.4 Å². The molecular weight excluding hydrogens is 553 g/mol. The van der Waals surface area contributed by atoms with Crippen molar-refractivity contribution >= 4 is 57.8 Å². The second-order valence-corrected chi connectivity index (χ2v) is 9.92. The number of anilines is 1. The van der Waals surface area contributed by atoms with E-state index in [4.69, 9.17) is 60.9 Å². The van der Waals surface area contributed by atoms with Crippen molar-refractivity contribution in [1.29, 1.82) is 0 Å². The molecule has 5 rings (SSSR count). The van der Waals surface area contributed by atoms with Crippen LogP contribution < -0.4 is 15.0 Å². The molecule has 1 fully saturated rings. The minimum absolute atomic E-state index is 0.273. The van der Waals surface area contributed by atoms with Crippen molar-refractivity contribution in [2.75, 3.05) is 25.2 Å². The predicted octanol–water partition coefficient (Wildman–Crippen LogP) is 7.50. The molecule has 0 radical (unpaired) electrons. The maximum Gasteiger partial charge on any atom is 0.174 e. The topological polar surface area (TPSA) is 59.8 Å². The third-order valence-corrected chi connectivity index (χ3v) is 7.11. The van der Waals surface area contributed by atoms with Crippen LogP contribution in [0.5, 0.6) is 5.75 Å². The van der Waals surface area contributed by atoms with E-state index < -0.39 is 0 Å². The average molecular weight is 575 g/mol. The zero-order chi connectivity index (χ0) is 25.9. The van der Waals surface area contributed by atoms with Crippen molar-refractivity contribution in [3.8, 4) is 17.1 Å². The normalized spacial score (nSPS) is 17.2. The Labute approximate surface area is 235 Å². The molecule has 6 nitrogen and oxygen atoms in total. The largest absolute Gasteiger partial charge is 0.490 e. The van der Waals surface area contributed by atoms with Crippen LogP contribution in [0.1, 0.15) is 23.5 Å². The van der Waals surface area contributed by atoms with Gasteiger partial charge in [-0.3, -0.25) is 4.98 Å². The quantitative estimate of drug-likeness (QED) is 0.173. The highest BCUT2D eigenvalue weighted by molar-refractivity contribution is 7.80. The van der Waals surface area contributed by atoms with Crippen LogP contribution in [0.25, 0.3) is 11.3 Å². The summed E-state index contributed by atoms with van der Waals surface area (Å²) in [4.78, 5) is 6.55.